The van der Waals surface area contributed by atoms with Crippen molar-refractivity contribution in [2.45, 2.75) is 156 Å². The van der Waals surface area contributed by atoms with Gasteiger partial charge in [-0.3, -0.25) is 9.05 Å². The molecule has 5 N–H and O–H groups in total. The van der Waals surface area contributed by atoms with Crippen molar-refractivity contribution in [3.8, 4) is 0 Å². The molecule has 1 aliphatic rings. The molecule has 0 aromatic carbocycles. The normalized spacial score (nSPS) is 25.0. The van der Waals surface area contributed by atoms with Crippen molar-refractivity contribution in [3.63, 3.8) is 0 Å². The van der Waals surface area contributed by atoms with E-state index in [9.17, 15) is 105 Å². The minimum absolute atomic E-state index is 0.130. The largest absolute Gasteiger partial charge is 0.472 e. The standard InChI is InChI=1S/C26H36F17O9P/c1-2-3-4-5-6-7-8-9-13(51-53(48,49)52-17-15(45)14(12-44)50-18(47)16(17)46)10-11-19(27,28)20(29,30)21(31,32)22(33,34)23(35,36)24(37,38)25(39,40)26(41,42)43/h13-18,44-47H,2-12H2,1H3,(H,48,49)/t13?,14-,15-,16-,17+,18+/m1/s1. The number of hydrogen-bond donors (Lipinski definition) is 5. The van der Waals surface area contributed by atoms with Crippen LogP contribution < -0.4 is 0 Å². The fourth-order valence-corrected chi connectivity index (χ4v) is 6.03. The summed E-state index contributed by atoms with van der Waals surface area (Å²) in [6, 6.07) is 0. The molecule has 1 aliphatic heterocycles. The van der Waals surface area contributed by atoms with Crippen LogP contribution in [0.15, 0.2) is 0 Å². The summed E-state index contributed by atoms with van der Waals surface area (Å²) in [5.74, 6) is -57.8. The van der Waals surface area contributed by atoms with Crippen LogP contribution in [0.3, 0.4) is 0 Å². The van der Waals surface area contributed by atoms with E-state index >= 15 is 0 Å². The van der Waals surface area contributed by atoms with Crippen molar-refractivity contribution in [1.82, 2.24) is 0 Å². The number of phosphoric acid groups is 1. The van der Waals surface area contributed by atoms with Crippen LogP contribution in [0.5, 0.6) is 0 Å². The molecule has 1 rings (SSSR count). The third kappa shape index (κ3) is 10.2. The molecule has 0 aromatic heterocycles. The summed E-state index contributed by atoms with van der Waals surface area (Å²) >= 11 is 0. The molecule has 318 valence electrons. The van der Waals surface area contributed by atoms with Gasteiger partial charge in [-0.05, 0) is 12.8 Å². The number of alkyl halides is 17. The Bertz CT molecular complexity index is 1210. The van der Waals surface area contributed by atoms with Gasteiger partial charge in [0, 0.05) is 6.42 Å². The molecule has 7 atom stereocenters. The second kappa shape index (κ2) is 17.5. The number of phosphoric ester groups is 1. The van der Waals surface area contributed by atoms with Crippen molar-refractivity contribution in [3.05, 3.63) is 0 Å². The van der Waals surface area contributed by atoms with E-state index in [2.05, 4.69) is 13.8 Å². The zero-order valence-corrected chi connectivity index (χ0v) is 27.9. The molecule has 9 nitrogen and oxygen atoms in total. The van der Waals surface area contributed by atoms with E-state index in [-0.39, 0.29) is 12.8 Å². The summed E-state index contributed by atoms with van der Waals surface area (Å²) in [5, 5.41) is 39.0. The molecule has 0 amide bonds. The number of aliphatic hydroxyl groups is 4. The van der Waals surface area contributed by atoms with Crippen molar-refractivity contribution < 1.29 is 118 Å². The summed E-state index contributed by atoms with van der Waals surface area (Å²) in [5.41, 5.74) is 0. The van der Waals surface area contributed by atoms with E-state index in [1.807, 2.05) is 6.92 Å². The number of ether oxygens (including phenoxy) is 1. The monoisotopic (exact) mass is 846 g/mol. The van der Waals surface area contributed by atoms with E-state index in [0.717, 1.165) is 12.8 Å². The third-order valence-corrected chi connectivity index (χ3v) is 9.15. The van der Waals surface area contributed by atoms with Crippen molar-refractivity contribution in [1.29, 1.82) is 0 Å². The van der Waals surface area contributed by atoms with Gasteiger partial charge >= 0.3 is 55.5 Å². The number of aliphatic hydroxyl groups excluding tert-OH is 4. The minimum atomic E-state index is -8.80. The highest BCUT2D eigenvalue weighted by atomic mass is 31.2. The fourth-order valence-electron chi connectivity index (χ4n) is 4.83. The Kier molecular flexibility index (Phi) is 16.4. The van der Waals surface area contributed by atoms with E-state index < -0.39 is 118 Å². The molecule has 1 fully saturated rings. The molecule has 2 unspecified atom stereocenters. The quantitative estimate of drug-likeness (QED) is 0.0434. The second-order valence-corrected chi connectivity index (χ2v) is 13.5. The molecular weight excluding hydrogens is 810 g/mol. The first kappa shape index (κ1) is 49.7. The molecule has 0 bridgehead atoms. The maximum atomic E-state index is 14.6. The molecular formula is C26H36F17O9P. The Hall–Kier alpha value is -1.28. The first-order valence-electron chi connectivity index (χ1n) is 15.4. The Morgan fingerprint density at radius 2 is 1.08 bits per heavy atom. The molecule has 0 saturated carbocycles. The summed E-state index contributed by atoms with van der Waals surface area (Å²) in [6.45, 7) is 0.729. The van der Waals surface area contributed by atoms with Crippen LogP contribution in [0.1, 0.15) is 71.1 Å². The highest BCUT2D eigenvalue weighted by molar-refractivity contribution is 7.47. The maximum absolute atomic E-state index is 14.6. The Balaban J connectivity index is 3.41. The first-order chi connectivity index (χ1) is 23.6. The van der Waals surface area contributed by atoms with Gasteiger partial charge in [-0.25, -0.2) is 4.57 Å². The lowest BCUT2D eigenvalue weighted by Crippen LogP contribution is -2.74. The predicted octanol–water partition coefficient (Wildman–Crippen LogP) is 7.22. The lowest BCUT2D eigenvalue weighted by molar-refractivity contribution is -0.461. The number of halogens is 17. The minimum Gasteiger partial charge on any atom is -0.394 e. The van der Waals surface area contributed by atoms with Crippen LogP contribution in [0, 0.1) is 0 Å². The van der Waals surface area contributed by atoms with Crippen LogP contribution in [0.25, 0.3) is 0 Å². The van der Waals surface area contributed by atoms with Crippen molar-refractivity contribution in [2.24, 2.45) is 0 Å². The topological polar surface area (TPSA) is 146 Å². The average Bonchev–Trinajstić information content (AvgIpc) is 3.01. The van der Waals surface area contributed by atoms with Gasteiger partial charge < -0.3 is 30.1 Å². The van der Waals surface area contributed by atoms with Gasteiger partial charge in [0.25, 0.3) is 0 Å². The Labute approximate surface area is 289 Å². The molecule has 27 heteroatoms. The SMILES string of the molecule is CCCCCCCCCC(CCC(F)(F)C(F)(F)C(F)(F)C(F)(F)C(F)(F)C(F)(F)C(F)(F)C(F)(F)F)OP(=O)(O)O[C@@H]1[C@@H](O)[C@@H](O)O[C@H](CO)[C@H]1O. The van der Waals surface area contributed by atoms with Gasteiger partial charge in [-0.2, -0.15) is 74.6 Å². The van der Waals surface area contributed by atoms with Gasteiger partial charge in [0.05, 0.1) is 12.7 Å². The first-order valence-corrected chi connectivity index (χ1v) is 16.9. The van der Waals surface area contributed by atoms with Gasteiger partial charge in [0.15, 0.2) is 6.29 Å². The molecule has 1 heterocycles. The molecule has 0 radical (unpaired) electrons. The molecule has 1 saturated heterocycles. The zero-order chi connectivity index (χ0) is 41.9. The molecule has 53 heavy (non-hydrogen) atoms. The molecule has 0 aromatic rings. The van der Waals surface area contributed by atoms with Crippen LogP contribution in [-0.4, -0.2) is 116 Å². The van der Waals surface area contributed by atoms with E-state index in [4.69, 9.17) is 0 Å². The van der Waals surface area contributed by atoms with Gasteiger partial charge in [0.1, 0.15) is 24.4 Å². The third-order valence-electron chi connectivity index (χ3n) is 8.07. The molecule has 0 spiro atoms. The van der Waals surface area contributed by atoms with Crippen LogP contribution >= 0.6 is 7.82 Å². The van der Waals surface area contributed by atoms with Crippen molar-refractivity contribution >= 4 is 7.82 Å². The van der Waals surface area contributed by atoms with Gasteiger partial charge in [0.2, 0.25) is 0 Å². The van der Waals surface area contributed by atoms with Crippen LogP contribution in [-0.2, 0) is 18.3 Å². The van der Waals surface area contributed by atoms with Crippen LogP contribution in [0.4, 0.5) is 74.6 Å². The van der Waals surface area contributed by atoms with Gasteiger partial charge in [-0.1, -0.05) is 51.9 Å². The molecule has 0 aliphatic carbocycles. The fraction of sp³-hybridized carbons (Fsp3) is 1.00. The van der Waals surface area contributed by atoms with E-state index in [1.54, 1.807) is 0 Å². The summed E-state index contributed by atoms with van der Waals surface area (Å²) in [7, 11) is -5.89. The van der Waals surface area contributed by atoms with Gasteiger partial charge in [-0.15, -0.1) is 0 Å². The lowest BCUT2D eigenvalue weighted by Gasteiger charge is -2.43. The van der Waals surface area contributed by atoms with E-state index in [0.29, 0.717) is 19.3 Å². The smallest absolute Gasteiger partial charge is 0.394 e. The van der Waals surface area contributed by atoms with E-state index in [1.165, 1.54) is 0 Å². The number of hydrogen-bond acceptors (Lipinski definition) is 8. The number of unbranched alkanes of at least 4 members (excludes halogenated alkanes) is 6. The number of rotatable bonds is 22. The summed E-state index contributed by atoms with van der Waals surface area (Å²) in [6.07, 6.45) is -24.0. The summed E-state index contributed by atoms with van der Waals surface area (Å²) < 4.78 is 259. The summed E-state index contributed by atoms with van der Waals surface area (Å²) in [4.78, 5) is 10.2. The predicted molar refractivity (Wildman–Crippen MR) is 142 cm³/mol. The zero-order valence-electron chi connectivity index (χ0n) is 27.0. The second-order valence-electron chi connectivity index (χ2n) is 12.1. The Morgan fingerprint density at radius 1 is 0.642 bits per heavy atom. The highest BCUT2D eigenvalue weighted by Gasteiger charge is 2.95. The lowest BCUT2D eigenvalue weighted by atomic mass is 9.87. The van der Waals surface area contributed by atoms with Crippen LogP contribution in [0.2, 0.25) is 0 Å². The average molecular weight is 847 g/mol. The highest BCUT2D eigenvalue weighted by Crippen LogP contribution is 2.64. The Morgan fingerprint density at radius 3 is 1.53 bits per heavy atom. The van der Waals surface area contributed by atoms with Crippen molar-refractivity contribution in [2.75, 3.05) is 6.61 Å². The maximum Gasteiger partial charge on any atom is 0.472 e.